The topological polar surface area (TPSA) is 3.24 Å². The zero-order valence-electron chi connectivity index (χ0n) is 11.6. The lowest BCUT2D eigenvalue weighted by atomic mass is 9.59. The molecule has 0 N–H and O–H groups in total. The highest BCUT2D eigenvalue weighted by Gasteiger charge is 2.44. The predicted octanol–water partition coefficient (Wildman–Crippen LogP) is 3.45. The zero-order valence-corrected chi connectivity index (χ0v) is 11.6. The van der Waals surface area contributed by atoms with Gasteiger partial charge in [-0.25, -0.2) is 0 Å². The Bertz CT molecular complexity index is 458. The highest BCUT2D eigenvalue weighted by molar-refractivity contribution is 5.28. The van der Waals surface area contributed by atoms with Crippen molar-refractivity contribution < 1.29 is 0 Å². The van der Waals surface area contributed by atoms with Gasteiger partial charge < -0.3 is 0 Å². The zero-order chi connectivity index (χ0) is 13.1. The molecule has 1 saturated carbocycles. The van der Waals surface area contributed by atoms with E-state index in [1.165, 1.54) is 38.6 Å². The molecule has 3 rings (SSSR count). The molecule has 1 aliphatic heterocycles. The monoisotopic (exact) mass is 253 g/mol. The Morgan fingerprint density at radius 3 is 2.84 bits per heavy atom. The van der Waals surface area contributed by atoms with Crippen LogP contribution in [0, 0.1) is 18.3 Å². The first kappa shape index (κ1) is 12.8. The maximum absolute atomic E-state index is 5.48. The van der Waals surface area contributed by atoms with Gasteiger partial charge in [-0.3, -0.25) is 4.90 Å². The summed E-state index contributed by atoms with van der Waals surface area (Å²) in [5.41, 5.74) is 2.00. The first-order valence-electron chi connectivity index (χ1n) is 7.56. The molecule has 1 saturated heterocycles. The second-order valence-electron chi connectivity index (χ2n) is 6.15. The summed E-state index contributed by atoms with van der Waals surface area (Å²) in [6.07, 6.45) is 12.3. The van der Waals surface area contributed by atoms with E-state index in [0.717, 1.165) is 19.0 Å². The van der Waals surface area contributed by atoms with Crippen molar-refractivity contribution in [2.24, 2.45) is 5.92 Å². The van der Waals surface area contributed by atoms with E-state index in [4.69, 9.17) is 6.42 Å². The summed E-state index contributed by atoms with van der Waals surface area (Å²) in [5, 5.41) is 0. The van der Waals surface area contributed by atoms with E-state index in [0.29, 0.717) is 5.41 Å². The maximum atomic E-state index is 5.48. The number of terminal acetylenes is 1. The lowest BCUT2D eigenvalue weighted by Crippen LogP contribution is -2.51. The molecule has 1 aromatic rings. The number of likely N-dealkylation sites (tertiary alicyclic amines) is 1. The summed E-state index contributed by atoms with van der Waals surface area (Å²) < 4.78 is 0. The lowest BCUT2D eigenvalue weighted by molar-refractivity contribution is 0.0639. The minimum Gasteiger partial charge on any atom is -0.292 e. The molecule has 1 aliphatic carbocycles. The van der Waals surface area contributed by atoms with E-state index in [2.05, 4.69) is 41.2 Å². The van der Waals surface area contributed by atoms with Gasteiger partial charge in [0.2, 0.25) is 0 Å². The molecule has 0 bridgehead atoms. The molecule has 0 aromatic heterocycles. The molecule has 2 atom stereocenters. The minimum atomic E-state index is 0.435. The summed E-state index contributed by atoms with van der Waals surface area (Å²) in [6.45, 7) is 3.18. The average Bonchev–Trinajstić information content (AvgIpc) is 2.48. The first-order valence-corrected chi connectivity index (χ1v) is 7.56. The van der Waals surface area contributed by atoms with Gasteiger partial charge in [-0.15, -0.1) is 6.42 Å². The fourth-order valence-electron chi connectivity index (χ4n) is 4.23. The molecule has 2 fully saturated rings. The Kier molecular flexibility index (Phi) is 3.62. The van der Waals surface area contributed by atoms with Crippen LogP contribution in [0.5, 0.6) is 0 Å². The molecule has 1 nitrogen and oxygen atoms in total. The van der Waals surface area contributed by atoms with E-state index in [1.54, 1.807) is 5.56 Å². The number of fused-ring (bicyclic) bond motifs is 1. The quantitative estimate of drug-likeness (QED) is 0.730. The molecule has 19 heavy (non-hydrogen) atoms. The molecule has 0 radical (unpaired) electrons. The third-order valence-electron chi connectivity index (χ3n) is 5.22. The molecule has 0 spiro atoms. The molecule has 2 aliphatic rings. The van der Waals surface area contributed by atoms with Gasteiger partial charge in [0.1, 0.15) is 0 Å². The Labute approximate surface area is 117 Å². The summed E-state index contributed by atoms with van der Waals surface area (Å²) in [6, 6.07) is 11.2. The van der Waals surface area contributed by atoms with Crippen molar-refractivity contribution in [3.05, 3.63) is 35.9 Å². The second-order valence-corrected chi connectivity index (χ2v) is 6.15. The summed E-state index contributed by atoms with van der Waals surface area (Å²) in [4.78, 5) is 2.47. The molecule has 0 amide bonds. The van der Waals surface area contributed by atoms with Crippen LogP contribution < -0.4 is 0 Å². The van der Waals surface area contributed by atoms with Crippen LogP contribution in [0.4, 0.5) is 0 Å². The number of benzene rings is 1. The molecular weight excluding hydrogens is 230 g/mol. The Hall–Kier alpha value is -1.26. The third kappa shape index (κ3) is 2.30. The first-order chi connectivity index (χ1) is 9.35. The molecular formula is C18H23N. The van der Waals surface area contributed by atoms with E-state index >= 15 is 0 Å². The summed E-state index contributed by atoms with van der Waals surface area (Å²) in [5.74, 6) is 3.61. The molecule has 1 heterocycles. The van der Waals surface area contributed by atoms with Gasteiger partial charge in [-0.05, 0) is 37.3 Å². The Balaban J connectivity index is 1.88. The van der Waals surface area contributed by atoms with E-state index in [1.807, 2.05) is 0 Å². The highest BCUT2D eigenvalue weighted by Crippen LogP contribution is 2.48. The summed E-state index contributed by atoms with van der Waals surface area (Å²) >= 11 is 0. The van der Waals surface area contributed by atoms with Gasteiger partial charge >= 0.3 is 0 Å². The number of nitrogens with zero attached hydrogens (tertiary/aromatic N) is 1. The molecule has 100 valence electrons. The van der Waals surface area contributed by atoms with Crippen LogP contribution in [0.3, 0.4) is 0 Å². The molecule has 1 aromatic carbocycles. The molecule has 0 unspecified atom stereocenters. The standard InChI is InChI=1S/C18H23N/c1-2-13-19-14-12-18(16-8-4-3-5-9-16)11-7-6-10-17(18)15-19/h1,3-5,8-9,17H,6-7,10-15H2/t17-,18+/m0/s1. The van der Waals surface area contributed by atoms with Crippen molar-refractivity contribution in [3.8, 4) is 12.3 Å². The van der Waals surface area contributed by atoms with E-state index < -0.39 is 0 Å². The number of hydrogen-bond donors (Lipinski definition) is 0. The van der Waals surface area contributed by atoms with Crippen molar-refractivity contribution in [1.29, 1.82) is 0 Å². The SMILES string of the molecule is C#CCN1CC[C@@]2(c3ccccc3)CCCC[C@H]2C1. The normalized spacial score (nSPS) is 31.4. The number of rotatable bonds is 2. The van der Waals surface area contributed by atoms with Gasteiger partial charge in [0, 0.05) is 12.0 Å². The Morgan fingerprint density at radius 2 is 2.05 bits per heavy atom. The van der Waals surface area contributed by atoms with Crippen LogP contribution in [-0.4, -0.2) is 24.5 Å². The third-order valence-corrected chi connectivity index (χ3v) is 5.22. The second kappa shape index (κ2) is 5.39. The van der Waals surface area contributed by atoms with Crippen molar-refractivity contribution in [3.63, 3.8) is 0 Å². The van der Waals surface area contributed by atoms with Crippen LogP contribution in [0.25, 0.3) is 0 Å². The minimum absolute atomic E-state index is 0.435. The predicted molar refractivity (Wildman–Crippen MR) is 80.0 cm³/mol. The summed E-state index contributed by atoms with van der Waals surface area (Å²) in [7, 11) is 0. The van der Waals surface area contributed by atoms with Crippen LogP contribution in [0.2, 0.25) is 0 Å². The van der Waals surface area contributed by atoms with Gasteiger partial charge in [-0.1, -0.05) is 49.1 Å². The van der Waals surface area contributed by atoms with Crippen LogP contribution in [-0.2, 0) is 5.41 Å². The molecule has 1 heteroatoms. The van der Waals surface area contributed by atoms with Gasteiger partial charge in [0.05, 0.1) is 6.54 Å². The maximum Gasteiger partial charge on any atom is 0.0599 e. The van der Waals surface area contributed by atoms with E-state index in [-0.39, 0.29) is 0 Å². The van der Waals surface area contributed by atoms with Crippen LogP contribution >= 0.6 is 0 Å². The van der Waals surface area contributed by atoms with Gasteiger partial charge in [-0.2, -0.15) is 0 Å². The lowest BCUT2D eigenvalue weighted by Gasteiger charge is -2.51. The Morgan fingerprint density at radius 1 is 1.21 bits per heavy atom. The van der Waals surface area contributed by atoms with Crippen molar-refractivity contribution >= 4 is 0 Å². The van der Waals surface area contributed by atoms with Crippen molar-refractivity contribution in [2.75, 3.05) is 19.6 Å². The van der Waals surface area contributed by atoms with Crippen molar-refractivity contribution in [2.45, 2.75) is 37.5 Å². The number of hydrogen-bond acceptors (Lipinski definition) is 1. The van der Waals surface area contributed by atoms with Crippen molar-refractivity contribution in [1.82, 2.24) is 4.90 Å². The highest BCUT2D eigenvalue weighted by atomic mass is 15.1. The van der Waals surface area contributed by atoms with Gasteiger partial charge in [0.15, 0.2) is 0 Å². The smallest absolute Gasteiger partial charge is 0.0599 e. The van der Waals surface area contributed by atoms with Crippen LogP contribution in [0.15, 0.2) is 30.3 Å². The average molecular weight is 253 g/mol. The van der Waals surface area contributed by atoms with Gasteiger partial charge in [0.25, 0.3) is 0 Å². The number of piperidine rings is 1. The fourth-order valence-corrected chi connectivity index (χ4v) is 4.23. The van der Waals surface area contributed by atoms with Crippen LogP contribution in [0.1, 0.15) is 37.7 Å². The largest absolute Gasteiger partial charge is 0.292 e. The van der Waals surface area contributed by atoms with E-state index in [9.17, 15) is 0 Å². The fraction of sp³-hybridized carbons (Fsp3) is 0.556.